The third kappa shape index (κ3) is 6.87. The second-order valence-electron chi connectivity index (χ2n) is 12.7. The molecule has 0 saturated heterocycles. The quantitative estimate of drug-likeness (QED) is 0.203. The molecule has 1 N–H and O–H groups in total. The number of carbonyl (C=O) groups is 5. The van der Waals surface area contributed by atoms with Crippen molar-refractivity contribution in [2.45, 2.75) is 104 Å². The predicted molar refractivity (Wildman–Crippen MR) is 153 cm³/mol. The summed E-state index contributed by atoms with van der Waals surface area (Å²) in [4.78, 5) is 62.3. The third-order valence-electron chi connectivity index (χ3n) is 9.97. The van der Waals surface area contributed by atoms with Crippen LogP contribution in [0.25, 0.3) is 0 Å². The van der Waals surface area contributed by atoms with Crippen molar-refractivity contribution in [2.75, 3.05) is 19.1 Å². The van der Waals surface area contributed by atoms with E-state index in [-0.39, 0.29) is 50.7 Å². The lowest BCUT2D eigenvalue weighted by atomic mass is 9.41. The molecule has 242 valence electrons. The van der Waals surface area contributed by atoms with Crippen LogP contribution in [0.3, 0.4) is 0 Å². The molecule has 0 aromatic carbocycles. The van der Waals surface area contributed by atoms with Crippen LogP contribution in [0.2, 0.25) is 0 Å². The van der Waals surface area contributed by atoms with Crippen LogP contribution in [0.1, 0.15) is 80.6 Å². The van der Waals surface area contributed by atoms with Crippen molar-refractivity contribution >= 4 is 41.4 Å². The third-order valence-corrected chi connectivity index (χ3v) is 10.4. The van der Waals surface area contributed by atoms with Crippen molar-refractivity contribution in [2.24, 2.45) is 28.6 Å². The second-order valence-corrected chi connectivity index (χ2v) is 12.9. The van der Waals surface area contributed by atoms with Crippen LogP contribution < -0.4 is 0 Å². The summed E-state index contributed by atoms with van der Waals surface area (Å²) >= 11 is 6.53. The summed E-state index contributed by atoms with van der Waals surface area (Å²) in [5.41, 5.74) is -3.66. The van der Waals surface area contributed by atoms with E-state index in [4.69, 9.17) is 35.3 Å². The van der Waals surface area contributed by atoms with Gasteiger partial charge in [-0.3, -0.25) is 19.2 Å². The first-order valence-corrected chi connectivity index (χ1v) is 15.4. The Morgan fingerprint density at radius 3 is 2.33 bits per heavy atom. The molecule has 0 aromatic rings. The van der Waals surface area contributed by atoms with Gasteiger partial charge in [0, 0.05) is 38.3 Å². The molecule has 0 bridgehead atoms. The Kier molecular flexibility index (Phi) is 11.0. The van der Waals surface area contributed by atoms with Gasteiger partial charge in [0.05, 0.1) is 22.8 Å². The molecular weight excluding hydrogens is 584 g/mol. The lowest BCUT2D eigenvalue weighted by Gasteiger charge is -2.67. The Bertz CT molecular complexity index is 1140. The molecule has 0 radical (unpaired) electrons. The highest BCUT2D eigenvalue weighted by Gasteiger charge is 2.73. The summed E-state index contributed by atoms with van der Waals surface area (Å²) in [6.07, 6.45) is -0.120. The number of alkyl halides is 1. The van der Waals surface area contributed by atoms with E-state index in [1.54, 1.807) is 6.92 Å². The molecule has 2 fully saturated rings. The fourth-order valence-corrected chi connectivity index (χ4v) is 7.80. The molecule has 1 heterocycles. The first-order valence-electron chi connectivity index (χ1n) is 14.9. The molecule has 0 amide bonds. The number of cyclic esters (lactones) is 1. The Hall–Kier alpha value is -2.66. The van der Waals surface area contributed by atoms with Gasteiger partial charge in [0.2, 0.25) is 0 Å². The second kappa shape index (κ2) is 13.5. The summed E-state index contributed by atoms with van der Waals surface area (Å²) in [6, 6.07) is 0. The van der Waals surface area contributed by atoms with E-state index >= 15 is 0 Å². The zero-order chi connectivity index (χ0) is 32.3. The van der Waals surface area contributed by atoms with Gasteiger partial charge in [0.1, 0.15) is 31.5 Å². The molecule has 0 aromatic heterocycles. The summed E-state index contributed by atoms with van der Waals surface area (Å²) in [5.74, 6) is -4.51. The number of hydrogen-bond acceptors (Lipinski definition) is 11. The first-order chi connectivity index (χ1) is 20.0. The van der Waals surface area contributed by atoms with Crippen molar-refractivity contribution < 1.29 is 52.8 Å². The molecule has 2 aliphatic carbocycles. The van der Waals surface area contributed by atoms with Crippen LogP contribution in [0.15, 0.2) is 11.6 Å². The highest BCUT2D eigenvalue weighted by molar-refractivity contribution is 6.18. The maximum atomic E-state index is 13.3. The largest absolute Gasteiger partial charge is 0.465 e. The topological polar surface area (TPSA) is 152 Å². The number of ether oxygens (including phenoxy) is 5. The van der Waals surface area contributed by atoms with Gasteiger partial charge in [-0.15, -0.1) is 11.6 Å². The number of halogens is 1. The van der Waals surface area contributed by atoms with Crippen LogP contribution in [0, 0.1) is 28.6 Å². The maximum Gasteiger partial charge on any atom is 0.331 e. The Balaban J connectivity index is 2.30. The lowest BCUT2D eigenvalue weighted by molar-refractivity contribution is -0.294. The van der Waals surface area contributed by atoms with Gasteiger partial charge in [-0.1, -0.05) is 27.7 Å². The van der Waals surface area contributed by atoms with Gasteiger partial charge in [-0.05, 0) is 43.4 Å². The van der Waals surface area contributed by atoms with Crippen molar-refractivity contribution in [3.63, 3.8) is 0 Å². The van der Waals surface area contributed by atoms with Crippen LogP contribution >= 0.6 is 11.6 Å². The highest BCUT2D eigenvalue weighted by Crippen LogP contribution is 2.66. The zero-order valence-corrected chi connectivity index (χ0v) is 26.9. The predicted octanol–water partition coefficient (Wildman–Crippen LogP) is 3.66. The summed E-state index contributed by atoms with van der Waals surface area (Å²) in [5, 5.41) is 12.4. The van der Waals surface area contributed by atoms with Gasteiger partial charge in [-0.2, -0.15) is 0 Å². The molecule has 2 saturated carbocycles. The number of carbonyl (C=O) groups excluding carboxylic acids is 5. The van der Waals surface area contributed by atoms with Gasteiger partial charge in [0.25, 0.3) is 0 Å². The minimum Gasteiger partial charge on any atom is -0.465 e. The fraction of sp³-hybridized carbons (Fsp3) is 0.774. The molecule has 3 aliphatic rings. The number of esters is 5. The number of fused-ring (bicyclic) bond motifs is 1. The van der Waals surface area contributed by atoms with Gasteiger partial charge in [-0.25, -0.2) is 4.79 Å². The van der Waals surface area contributed by atoms with E-state index in [1.165, 1.54) is 26.8 Å². The molecule has 9 atom stereocenters. The van der Waals surface area contributed by atoms with E-state index in [2.05, 4.69) is 0 Å². The molecule has 43 heavy (non-hydrogen) atoms. The molecule has 12 heteroatoms. The standard InChI is InChI=1S/C31H45ClO11/c1-8-17(2)28(37)43-23-9-10-30(38,15-32)31(16-40-19(4)33)25(42-21(6)35)11-18(3)29(7,27(23)31)13-24(41-20(5)34)22-12-26(36)39-14-22/h12,17-18,23-25,27,38H,8-11,13-16H2,1-7H3. The van der Waals surface area contributed by atoms with Crippen molar-refractivity contribution in [3.05, 3.63) is 11.6 Å². The van der Waals surface area contributed by atoms with Crippen LogP contribution in [-0.4, -0.2) is 78.0 Å². The van der Waals surface area contributed by atoms with E-state index in [1.807, 2.05) is 20.8 Å². The zero-order valence-electron chi connectivity index (χ0n) is 26.1. The average molecular weight is 629 g/mol. The Labute approximate surface area is 257 Å². The highest BCUT2D eigenvalue weighted by atomic mass is 35.5. The molecule has 11 nitrogen and oxygen atoms in total. The van der Waals surface area contributed by atoms with E-state index in [9.17, 15) is 29.1 Å². The monoisotopic (exact) mass is 628 g/mol. The van der Waals surface area contributed by atoms with E-state index in [0.29, 0.717) is 12.0 Å². The minimum atomic E-state index is -1.71. The van der Waals surface area contributed by atoms with Crippen LogP contribution in [0.4, 0.5) is 0 Å². The van der Waals surface area contributed by atoms with E-state index < -0.39 is 76.4 Å². The van der Waals surface area contributed by atoms with Gasteiger partial charge < -0.3 is 28.8 Å². The van der Waals surface area contributed by atoms with Crippen LogP contribution in [0.5, 0.6) is 0 Å². The molecule has 1 aliphatic heterocycles. The van der Waals surface area contributed by atoms with E-state index in [0.717, 1.165) is 0 Å². The van der Waals surface area contributed by atoms with Crippen molar-refractivity contribution in [3.8, 4) is 0 Å². The smallest absolute Gasteiger partial charge is 0.331 e. The summed E-state index contributed by atoms with van der Waals surface area (Å²) < 4.78 is 28.6. The van der Waals surface area contributed by atoms with Gasteiger partial charge in [0.15, 0.2) is 0 Å². The summed E-state index contributed by atoms with van der Waals surface area (Å²) in [6.45, 7) is 10.9. The SMILES string of the molecule is CCC(C)C(=O)OC1CCC(O)(CCl)C2(COC(C)=O)C(OC(C)=O)CC(C)C(C)(CC(OC(C)=O)C3=CC(=O)OC3)C12. The lowest BCUT2D eigenvalue weighted by Crippen LogP contribution is -2.74. The molecule has 3 rings (SSSR count). The number of aliphatic hydroxyl groups is 1. The number of hydrogen-bond donors (Lipinski definition) is 1. The summed E-state index contributed by atoms with van der Waals surface area (Å²) in [7, 11) is 0. The maximum absolute atomic E-state index is 13.3. The van der Waals surface area contributed by atoms with Crippen molar-refractivity contribution in [1.82, 2.24) is 0 Å². The van der Waals surface area contributed by atoms with Gasteiger partial charge >= 0.3 is 29.8 Å². The Morgan fingerprint density at radius 1 is 1.14 bits per heavy atom. The normalized spacial score (nSPS) is 35.0. The first kappa shape index (κ1) is 34.8. The fourth-order valence-electron chi connectivity index (χ4n) is 7.42. The molecule has 0 spiro atoms. The van der Waals surface area contributed by atoms with Crippen LogP contribution in [-0.2, 0) is 47.7 Å². The Morgan fingerprint density at radius 2 is 1.81 bits per heavy atom. The average Bonchev–Trinajstić information content (AvgIpc) is 3.36. The number of rotatable bonds is 11. The minimum absolute atomic E-state index is 0.0569. The molecule has 9 unspecified atom stereocenters. The van der Waals surface area contributed by atoms with Crippen molar-refractivity contribution in [1.29, 1.82) is 0 Å². The molecular formula is C31H45ClO11.